The molecule has 0 N–H and O–H groups in total. The quantitative estimate of drug-likeness (QED) is 0.478. The summed E-state index contributed by atoms with van der Waals surface area (Å²) in [5.41, 5.74) is 3.38. The van der Waals surface area contributed by atoms with E-state index in [-0.39, 0.29) is 5.43 Å². The minimum atomic E-state index is 0.0118. The first-order valence-corrected chi connectivity index (χ1v) is 9.77. The Hall–Kier alpha value is -2.77. The van der Waals surface area contributed by atoms with Gasteiger partial charge in [-0.1, -0.05) is 15.9 Å². The summed E-state index contributed by atoms with van der Waals surface area (Å²) in [4.78, 5) is 24.1. The van der Waals surface area contributed by atoms with Crippen LogP contribution in [0.4, 0.5) is 0 Å². The normalized spacial score (nSPS) is 14.3. The number of fused-ring (bicyclic) bond motifs is 2. The smallest absolute Gasteiger partial charge is 0.197 e. The van der Waals surface area contributed by atoms with Gasteiger partial charge in [-0.3, -0.25) is 9.69 Å². The molecule has 6 nitrogen and oxygen atoms in total. The van der Waals surface area contributed by atoms with Crippen LogP contribution in [0.5, 0.6) is 0 Å². The van der Waals surface area contributed by atoms with E-state index in [2.05, 4.69) is 30.8 Å². The lowest BCUT2D eigenvalue weighted by Gasteiger charge is -2.27. The van der Waals surface area contributed by atoms with Gasteiger partial charge >= 0.3 is 0 Å². The summed E-state index contributed by atoms with van der Waals surface area (Å²) in [5, 5.41) is 0.593. The first-order valence-electron chi connectivity index (χ1n) is 8.98. The molecule has 4 aromatic rings. The zero-order valence-electron chi connectivity index (χ0n) is 14.9. The van der Waals surface area contributed by atoms with Gasteiger partial charge < -0.3 is 8.83 Å². The SMILES string of the molecule is O=c1c(CN2CCc3nc(-c4ccco4)ncc3C2)coc2ccc(Br)cc12. The molecule has 28 heavy (non-hydrogen) atoms. The monoisotopic (exact) mass is 437 g/mol. The van der Waals surface area contributed by atoms with Crippen molar-refractivity contribution in [2.24, 2.45) is 0 Å². The fourth-order valence-electron chi connectivity index (χ4n) is 3.53. The second-order valence-corrected chi connectivity index (χ2v) is 7.75. The molecule has 5 rings (SSSR count). The summed E-state index contributed by atoms with van der Waals surface area (Å²) in [7, 11) is 0. The van der Waals surface area contributed by atoms with Crippen LogP contribution >= 0.6 is 15.9 Å². The Morgan fingerprint density at radius 2 is 2.14 bits per heavy atom. The Balaban J connectivity index is 1.39. The number of hydrogen-bond donors (Lipinski definition) is 0. The van der Waals surface area contributed by atoms with Crippen molar-refractivity contribution in [2.45, 2.75) is 19.5 Å². The average Bonchev–Trinajstić information content (AvgIpc) is 3.25. The second-order valence-electron chi connectivity index (χ2n) is 6.83. The minimum absolute atomic E-state index is 0.0118. The molecule has 1 aliphatic heterocycles. The first-order chi connectivity index (χ1) is 13.7. The number of hydrogen-bond acceptors (Lipinski definition) is 6. The van der Waals surface area contributed by atoms with Crippen LogP contribution in [0.1, 0.15) is 16.8 Å². The van der Waals surface area contributed by atoms with Crippen LogP contribution in [0.25, 0.3) is 22.6 Å². The van der Waals surface area contributed by atoms with E-state index < -0.39 is 0 Å². The lowest BCUT2D eigenvalue weighted by atomic mass is 10.1. The molecule has 1 aliphatic rings. The molecule has 7 heteroatoms. The first kappa shape index (κ1) is 17.3. The highest BCUT2D eigenvalue weighted by atomic mass is 79.9. The molecule has 4 heterocycles. The number of furan rings is 1. The Bertz CT molecular complexity index is 1220. The van der Waals surface area contributed by atoms with Gasteiger partial charge in [0.05, 0.1) is 23.6 Å². The highest BCUT2D eigenvalue weighted by Crippen LogP contribution is 2.23. The molecule has 140 valence electrons. The summed E-state index contributed by atoms with van der Waals surface area (Å²) in [6, 6.07) is 9.15. The van der Waals surface area contributed by atoms with E-state index in [4.69, 9.17) is 8.83 Å². The Labute approximate surface area is 169 Å². The Kier molecular flexibility index (Phi) is 4.33. The van der Waals surface area contributed by atoms with E-state index in [0.717, 1.165) is 28.7 Å². The lowest BCUT2D eigenvalue weighted by Crippen LogP contribution is -2.32. The van der Waals surface area contributed by atoms with Gasteiger partial charge in [-0.2, -0.15) is 0 Å². The molecule has 3 aromatic heterocycles. The standard InChI is InChI=1S/C21H16BrN3O3/c22-15-3-4-18-16(8-15)20(26)14(12-28-18)11-25-6-5-17-13(10-25)9-23-21(24-17)19-2-1-7-27-19/h1-4,7-9,12H,5-6,10-11H2. The van der Waals surface area contributed by atoms with Crippen molar-refractivity contribution in [3.63, 3.8) is 0 Å². The molecule has 0 radical (unpaired) electrons. The molecule has 0 saturated heterocycles. The Morgan fingerprint density at radius 3 is 3.00 bits per heavy atom. The van der Waals surface area contributed by atoms with Gasteiger partial charge in [0.1, 0.15) is 5.58 Å². The van der Waals surface area contributed by atoms with Crippen LogP contribution in [0.3, 0.4) is 0 Å². The summed E-state index contributed by atoms with van der Waals surface area (Å²) in [6.07, 6.45) is 5.85. The Morgan fingerprint density at radius 1 is 1.21 bits per heavy atom. The van der Waals surface area contributed by atoms with Crippen molar-refractivity contribution in [3.8, 4) is 11.6 Å². The molecule has 0 atom stereocenters. The minimum Gasteiger partial charge on any atom is -0.464 e. The molecular weight excluding hydrogens is 422 g/mol. The predicted molar refractivity (Wildman–Crippen MR) is 108 cm³/mol. The summed E-state index contributed by atoms with van der Waals surface area (Å²) >= 11 is 3.42. The van der Waals surface area contributed by atoms with Gasteiger partial charge in [0, 0.05) is 47.9 Å². The van der Waals surface area contributed by atoms with E-state index in [9.17, 15) is 4.79 Å². The van der Waals surface area contributed by atoms with E-state index >= 15 is 0 Å². The van der Waals surface area contributed by atoms with Crippen molar-refractivity contribution < 1.29 is 8.83 Å². The van der Waals surface area contributed by atoms with E-state index in [1.807, 2.05) is 24.4 Å². The van der Waals surface area contributed by atoms with Crippen LogP contribution in [0.2, 0.25) is 0 Å². The number of halogens is 1. The molecule has 0 unspecified atom stereocenters. The van der Waals surface area contributed by atoms with E-state index in [0.29, 0.717) is 41.2 Å². The molecule has 0 amide bonds. The number of aromatic nitrogens is 2. The van der Waals surface area contributed by atoms with Gasteiger partial charge in [-0.15, -0.1) is 0 Å². The van der Waals surface area contributed by atoms with Crippen LogP contribution in [0.15, 0.2) is 67.2 Å². The number of rotatable bonds is 3. The van der Waals surface area contributed by atoms with Crippen molar-refractivity contribution in [3.05, 3.63) is 80.6 Å². The zero-order valence-corrected chi connectivity index (χ0v) is 16.5. The average molecular weight is 438 g/mol. The molecule has 0 saturated carbocycles. The summed E-state index contributed by atoms with van der Waals surface area (Å²) < 4.78 is 11.9. The lowest BCUT2D eigenvalue weighted by molar-refractivity contribution is 0.240. The fraction of sp³-hybridized carbons (Fsp3) is 0.190. The van der Waals surface area contributed by atoms with E-state index in [1.165, 1.54) is 0 Å². The highest BCUT2D eigenvalue weighted by molar-refractivity contribution is 9.10. The summed E-state index contributed by atoms with van der Waals surface area (Å²) in [6.45, 7) is 2.05. The van der Waals surface area contributed by atoms with E-state index in [1.54, 1.807) is 24.7 Å². The van der Waals surface area contributed by atoms with Gasteiger partial charge in [0.15, 0.2) is 17.0 Å². The maximum Gasteiger partial charge on any atom is 0.197 e. The van der Waals surface area contributed by atoms with Crippen LogP contribution in [-0.4, -0.2) is 21.4 Å². The van der Waals surface area contributed by atoms with Crippen molar-refractivity contribution in [2.75, 3.05) is 6.54 Å². The van der Waals surface area contributed by atoms with Gasteiger partial charge in [-0.05, 0) is 30.3 Å². The maximum absolute atomic E-state index is 12.8. The molecule has 0 fully saturated rings. The van der Waals surface area contributed by atoms with Crippen molar-refractivity contribution in [1.29, 1.82) is 0 Å². The largest absolute Gasteiger partial charge is 0.464 e. The van der Waals surface area contributed by atoms with Crippen molar-refractivity contribution >= 4 is 26.9 Å². The van der Waals surface area contributed by atoms with Gasteiger partial charge in [0.2, 0.25) is 0 Å². The van der Waals surface area contributed by atoms with Gasteiger partial charge in [-0.25, -0.2) is 9.97 Å². The van der Waals surface area contributed by atoms with Crippen LogP contribution in [0, 0.1) is 0 Å². The number of nitrogens with zero attached hydrogens (tertiary/aromatic N) is 3. The molecule has 0 bridgehead atoms. The van der Waals surface area contributed by atoms with Gasteiger partial charge in [0.25, 0.3) is 0 Å². The highest BCUT2D eigenvalue weighted by Gasteiger charge is 2.21. The fourth-order valence-corrected chi connectivity index (χ4v) is 3.89. The third kappa shape index (κ3) is 3.16. The zero-order chi connectivity index (χ0) is 19.1. The molecule has 0 spiro atoms. The second kappa shape index (κ2) is 7.00. The van der Waals surface area contributed by atoms with Crippen molar-refractivity contribution in [1.82, 2.24) is 14.9 Å². The summed E-state index contributed by atoms with van der Waals surface area (Å²) in [5.74, 6) is 1.28. The third-order valence-corrected chi connectivity index (χ3v) is 5.45. The van der Waals surface area contributed by atoms with Crippen LogP contribution < -0.4 is 5.43 Å². The predicted octanol–water partition coefficient (Wildman–Crippen LogP) is 4.16. The topological polar surface area (TPSA) is 72.4 Å². The molecule has 0 aliphatic carbocycles. The van der Waals surface area contributed by atoms with Crippen LogP contribution in [-0.2, 0) is 19.5 Å². The molecular formula is C21H16BrN3O3. The third-order valence-electron chi connectivity index (χ3n) is 4.95. The maximum atomic E-state index is 12.8. The molecule has 1 aromatic carbocycles. The number of benzene rings is 1.